The quantitative estimate of drug-likeness (QED) is 0.500. The van der Waals surface area contributed by atoms with Crippen LogP contribution in [-0.4, -0.2) is 23.1 Å². The number of anilines is 1. The first kappa shape index (κ1) is 21.7. The lowest BCUT2D eigenvalue weighted by molar-refractivity contribution is -0.116. The molecule has 3 rings (SSSR count). The standard InChI is InChI=1S/C24H25ClN2O3/c1-4-30-24(29)19-15-22(18-11-9-16(2)10-12-18)27(17(19)3)14-13-23(28)26-21-8-6-5-7-20(21)25/h5-12,15H,4,13-14H2,1-3H3,(H,26,28). The second-order valence-corrected chi connectivity index (χ2v) is 7.45. The predicted octanol–water partition coefficient (Wildman–Crippen LogP) is 5.63. The molecule has 6 heteroatoms. The Labute approximate surface area is 181 Å². The average Bonchev–Trinajstić information content (AvgIpc) is 3.05. The van der Waals surface area contributed by atoms with E-state index in [0.29, 0.717) is 29.4 Å². The number of aryl methyl sites for hydroxylation is 1. The number of carbonyl (C=O) groups excluding carboxylic acids is 2. The summed E-state index contributed by atoms with van der Waals surface area (Å²) in [4.78, 5) is 24.9. The minimum atomic E-state index is -0.359. The van der Waals surface area contributed by atoms with Crippen LogP contribution in [0.4, 0.5) is 5.69 Å². The van der Waals surface area contributed by atoms with Gasteiger partial charge < -0.3 is 14.6 Å². The number of nitrogens with zero attached hydrogens (tertiary/aromatic N) is 1. The summed E-state index contributed by atoms with van der Waals surface area (Å²) >= 11 is 6.13. The molecular formula is C24H25ClN2O3. The van der Waals surface area contributed by atoms with Crippen molar-refractivity contribution in [3.63, 3.8) is 0 Å². The maximum Gasteiger partial charge on any atom is 0.339 e. The third-order valence-electron chi connectivity index (χ3n) is 4.92. The summed E-state index contributed by atoms with van der Waals surface area (Å²) in [7, 11) is 0. The van der Waals surface area contributed by atoms with Gasteiger partial charge in [0.25, 0.3) is 0 Å². The van der Waals surface area contributed by atoms with Crippen molar-refractivity contribution in [2.24, 2.45) is 0 Å². The van der Waals surface area contributed by atoms with Crippen molar-refractivity contribution < 1.29 is 14.3 Å². The Hall–Kier alpha value is -3.05. The smallest absolute Gasteiger partial charge is 0.339 e. The largest absolute Gasteiger partial charge is 0.462 e. The van der Waals surface area contributed by atoms with Gasteiger partial charge in [0.15, 0.2) is 0 Å². The Kier molecular flexibility index (Phi) is 6.95. The number of hydrogen-bond donors (Lipinski definition) is 1. The van der Waals surface area contributed by atoms with Crippen LogP contribution in [0.3, 0.4) is 0 Å². The number of ether oxygens (including phenoxy) is 1. The Bertz CT molecular complexity index is 1050. The summed E-state index contributed by atoms with van der Waals surface area (Å²) in [6.07, 6.45) is 0.238. The molecule has 1 N–H and O–H groups in total. The van der Waals surface area contributed by atoms with Crippen LogP contribution in [0.1, 0.15) is 35.0 Å². The van der Waals surface area contributed by atoms with E-state index in [1.165, 1.54) is 0 Å². The zero-order chi connectivity index (χ0) is 21.7. The van der Waals surface area contributed by atoms with Crippen molar-refractivity contribution in [2.45, 2.75) is 33.7 Å². The van der Waals surface area contributed by atoms with Crippen LogP contribution in [0.15, 0.2) is 54.6 Å². The van der Waals surface area contributed by atoms with Crippen LogP contribution < -0.4 is 5.32 Å². The second-order valence-electron chi connectivity index (χ2n) is 7.04. The number of esters is 1. The molecule has 0 fully saturated rings. The number of rotatable bonds is 7. The molecule has 3 aromatic rings. The SMILES string of the molecule is CCOC(=O)c1cc(-c2ccc(C)cc2)n(CCC(=O)Nc2ccccc2Cl)c1C. The Morgan fingerprint density at radius 2 is 1.77 bits per heavy atom. The van der Waals surface area contributed by atoms with Gasteiger partial charge in [0.05, 0.1) is 22.9 Å². The molecule has 156 valence electrons. The van der Waals surface area contributed by atoms with Crippen LogP contribution in [-0.2, 0) is 16.1 Å². The second kappa shape index (κ2) is 9.63. The van der Waals surface area contributed by atoms with E-state index in [9.17, 15) is 9.59 Å². The molecule has 2 aromatic carbocycles. The molecule has 0 bridgehead atoms. The number of nitrogens with one attached hydrogen (secondary N) is 1. The lowest BCUT2D eigenvalue weighted by Gasteiger charge is -2.13. The molecule has 0 aliphatic carbocycles. The lowest BCUT2D eigenvalue weighted by atomic mass is 10.1. The van der Waals surface area contributed by atoms with E-state index in [0.717, 1.165) is 22.5 Å². The Balaban J connectivity index is 1.86. The first-order valence-corrected chi connectivity index (χ1v) is 10.3. The van der Waals surface area contributed by atoms with E-state index in [-0.39, 0.29) is 18.3 Å². The van der Waals surface area contributed by atoms with Gasteiger partial charge in [-0.2, -0.15) is 0 Å². The number of amides is 1. The monoisotopic (exact) mass is 424 g/mol. The van der Waals surface area contributed by atoms with Gasteiger partial charge in [0, 0.05) is 24.4 Å². The summed E-state index contributed by atoms with van der Waals surface area (Å²) in [6.45, 7) is 6.41. The van der Waals surface area contributed by atoms with Gasteiger partial charge in [-0.3, -0.25) is 4.79 Å². The number of carbonyl (C=O) groups is 2. The van der Waals surface area contributed by atoms with E-state index < -0.39 is 0 Å². The summed E-state index contributed by atoms with van der Waals surface area (Å²) in [5.41, 5.74) is 4.87. The molecule has 1 aromatic heterocycles. The van der Waals surface area contributed by atoms with Crippen molar-refractivity contribution in [3.05, 3.63) is 76.4 Å². The lowest BCUT2D eigenvalue weighted by Crippen LogP contribution is -2.16. The van der Waals surface area contributed by atoms with E-state index in [1.54, 1.807) is 19.1 Å². The van der Waals surface area contributed by atoms with Crippen LogP contribution >= 0.6 is 11.6 Å². The zero-order valence-electron chi connectivity index (χ0n) is 17.4. The minimum Gasteiger partial charge on any atom is -0.462 e. The molecule has 0 saturated heterocycles. The average molecular weight is 425 g/mol. The highest BCUT2D eigenvalue weighted by Gasteiger charge is 2.20. The van der Waals surface area contributed by atoms with Crippen LogP contribution in [0.25, 0.3) is 11.3 Å². The molecule has 0 spiro atoms. The van der Waals surface area contributed by atoms with Crippen LogP contribution in [0, 0.1) is 13.8 Å². The zero-order valence-corrected chi connectivity index (χ0v) is 18.1. The van der Waals surface area contributed by atoms with Crippen molar-refractivity contribution in [2.75, 3.05) is 11.9 Å². The Morgan fingerprint density at radius 1 is 1.07 bits per heavy atom. The Morgan fingerprint density at radius 3 is 2.43 bits per heavy atom. The topological polar surface area (TPSA) is 60.3 Å². The predicted molar refractivity (Wildman–Crippen MR) is 120 cm³/mol. The fourth-order valence-corrected chi connectivity index (χ4v) is 3.48. The van der Waals surface area contributed by atoms with Gasteiger partial charge in [-0.15, -0.1) is 0 Å². The van der Waals surface area contributed by atoms with Crippen molar-refractivity contribution in [3.8, 4) is 11.3 Å². The van der Waals surface area contributed by atoms with E-state index >= 15 is 0 Å². The molecular weight excluding hydrogens is 400 g/mol. The summed E-state index contributed by atoms with van der Waals surface area (Å²) < 4.78 is 7.19. The molecule has 0 aliphatic heterocycles. The van der Waals surface area contributed by atoms with Crippen LogP contribution in [0.2, 0.25) is 5.02 Å². The molecule has 0 saturated carbocycles. The summed E-state index contributed by atoms with van der Waals surface area (Å²) in [5, 5.41) is 3.33. The first-order chi connectivity index (χ1) is 14.4. The highest BCUT2D eigenvalue weighted by molar-refractivity contribution is 6.33. The fourth-order valence-electron chi connectivity index (χ4n) is 3.30. The van der Waals surface area contributed by atoms with Crippen molar-refractivity contribution in [1.29, 1.82) is 0 Å². The molecule has 0 unspecified atom stereocenters. The molecule has 0 atom stereocenters. The highest BCUT2D eigenvalue weighted by atomic mass is 35.5. The highest BCUT2D eigenvalue weighted by Crippen LogP contribution is 2.28. The number of para-hydroxylation sites is 1. The van der Waals surface area contributed by atoms with Crippen LogP contribution in [0.5, 0.6) is 0 Å². The number of aromatic nitrogens is 1. The molecule has 1 amide bonds. The number of hydrogen-bond acceptors (Lipinski definition) is 3. The summed E-state index contributed by atoms with van der Waals surface area (Å²) in [5.74, 6) is -0.508. The molecule has 0 aliphatic rings. The number of halogens is 1. The van der Waals surface area contributed by atoms with Gasteiger partial charge in [-0.1, -0.05) is 53.6 Å². The summed E-state index contributed by atoms with van der Waals surface area (Å²) in [6, 6.07) is 17.0. The van der Waals surface area contributed by atoms with Gasteiger partial charge in [-0.05, 0) is 44.5 Å². The van der Waals surface area contributed by atoms with Gasteiger partial charge in [0.1, 0.15) is 0 Å². The van der Waals surface area contributed by atoms with Gasteiger partial charge in [-0.25, -0.2) is 4.79 Å². The van der Waals surface area contributed by atoms with Crippen molar-refractivity contribution in [1.82, 2.24) is 4.57 Å². The molecule has 30 heavy (non-hydrogen) atoms. The third kappa shape index (κ3) is 4.92. The maximum atomic E-state index is 12.5. The molecule has 5 nitrogen and oxygen atoms in total. The van der Waals surface area contributed by atoms with Gasteiger partial charge >= 0.3 is 5.97 Å². The van der Waals surface area contributed by atoms with Crippen molar-refractivity contribution >= 4 is 29.2 Å². The van der Waals surface area contributed by atoms with E-state index in [4.69, 9.17) is 16.3 Å². The maximum absolute atomic E-state index is 12.5. The van der Waals surface area contributed by atoms with E-state index in [2.05, 4.69) is 5.32 Å². The van der Waals surface area contributed by atoms with E-state index in [1.807, 2.05) is 60.9 Å². The fraction of sp³-hybridized carbons (Fsp3) is 0.250. The molecule has 1 heterocycles. The normalized spacial score (nSPS) is 10.7. The first-order valence-electron chi connectivity index (χ1n) is 9.89. The third-order valence-corrected chi connectivity index (χ3v) is 5.25. The number of benzene rings is 2. The minimum absolute atomic E-state index is 0.149. The molecule has 0 radical (unpaired) electrons. The van der Waals surface area contributed by atoms with Gasteiger partial charge in [0.2, 0.25) is 5.91 Å².